The average Bonchev–Trinajstić information content (AvgIpc) is 3.27. The second-order valence-corrected chi connectivity index (χ2v) is 7.30. The maximum absolute atomic E-state index is 12.6. The highest BCUT2D eigenvalue weighted by Crippen LogP contribution is 2.23. The smallest absolute Gasteiger partial charge is 0.414 e. The molecule has 7 heteroatoms. The number of carbonyl (C=O) groups excluding carboxylic acids is 2. The molecule has 1 aliphatic heterocycles. The summed E-state index contributed by atoms with van der Waals surface area (Å²) in [6, 6.07) is 7.02. The van der Waals surface area contributed by atoms with Gasteiger partial charge in [-0.3, -0.25) is 14.1 Å². The summed E-state index contributed by atoms with van der Waals surface area (Å²) in [5.41, 5.74) is 2.98. The first-order valence-electron chi connectivity index (χ1n) is 8.25. The summed E-state index contributed by atoms with van der Waals surface area (Å²) in [5, 5.41) is 0. The molecule has 0 aliphatic carbocycles. The normalized spacial score (nSPS) is 14.5. The van der Waals surface area contributed by atoms with Crippen LogP contribution in [0.4, 0.5) is 10.5 Å². The number of aromatic nitrogens is 2. The number of thiazole rings is 1. The van der Waals surface area contributed by atoms with Gasteiger partial charge in [-0.15, -0.1) is 11.3 Å². The van der Waals surface area contributed by atoms with Gasteiger partial charge in [0, 0.05) is 22.3 Å². The van der Waals surface area contributed by atoms with Crippen molar-refractivity contribution < 1.29 is 14.3 Å². The van der Waals surface area contributed by atoms with E-state index in [-0.39, 0.29) is 11.9 Å². The minimum Gasteiger partial charge on any atom is -0.447 e. The molecule has 0 saturated carbocycles. The highest BCUT2D eigenvalue weighted by Gasteiger charge is 2.23. The Kier molecular flexibility index (Phi) is 4.08. The van der Waals surface area contributed by atoms with E-state index in [9.17, 15) is 9.59 Å². The van der Waals surface area contributed by atoms with Crippen molar-refractivity contribution in [3.63, 3.8) is 0 Å². The van der Waals surface area contributed by atoms with Crippen LogP contribution in [-0.4, -0.2) is 34.4 Å². The third-order valence-corrected chi connectivity index (χ3v) is 5.16. The molecule has 3 aromatic rings. The van der Waals surface area contributed by atoms with Crippen molar-refractivity contribution in [1.29, 1.82) is 0 Å². The second kappa shape index (κ2) is 6.42. The van der Waals surface area contributed by atoms with Gasteiger partial charge >= 0.3 is 6.09 Å². The third kappa shape index (κ3) is 2.90. The second-order valence-electron chi connectivity index (χ2n) is 6.09. The van der Waals surface area contributed by atoms with Crippen molar-refractivity contribution >= 4 is 39.9 Å². The van der Waals surface area contributed by atoms with Crippen molar-refractivity contribution in [1.82, 2.24) is 9.38 Å². The number of rotatable bonds is 4. The zero-order valence-electron chi connectivity index (χ0n) is 14.4. The number of nitrogens with zero attached hydrogens (tertiary/aromatic N) is 3. The standard InChI is InChI=1S/C19H17N3O3S/c1-12-11-22-16(13(2)20-18(22)26-12)6-7-17(23)14-4-3-5-15(10-14)21-8-9-25-19(21)24/h3-7,10-11H,8-9H2,1-2H3. The number of ether oxygens (including phenoxy) is 1. The van der Waals surface area contributed by atoms with E-state index in [1.807, 2.05) is 24.4 Å². The van der Waals surface area contributed by atoms with Gasteiger partial charge in [0.05, 0.1) is 17.9 Å². The van der Waals surface area contributed by atoms with Crippen LogP contribution in [0.5, 0.6) is 0 Å². The Morgan fingerprint density at radius 1 is 1.35 bits per heavy atom. The number of carbonyl (C=O) groups is 2. The van der Waals surface area contributed by atoms with Crippen molar-refractivity contribution in [3.8, 4) is 0 Å². The third-order valence-electron chi connectivity index (χ3n) is 4.26. The fourth-order valence-corrected chi connectivity index (χ4v) is 3.87. The lowest BCUT2D eigenvalue weighted by molar-refractivity contribution is 0.104. The molecule has 6 nitrogen and oxygen atoms in total. The number of imidazole rings is 1. The van der Waals surface area contributed by atoms with Crippen LogP contribution in [0, 0.1) is 13.8 Å². The van der Waals surface area contributed by atoms with Crippen molar-refractivity contribution in [2.24, 2.45) is 0 Å². The molecule has 0 radical (unpaired) electrons. The lowest BCUT2D eigenvalue weighted by Gasteiger charge is -2.13. The SMILES string of the molecule is Cc1cn2c(C=CC(=O)c3cccc(N4CCOC4=O)c3)c(C)nc2s1. The molecule has 1 fully saturated rings. The molecular formula is C19H17N3O3S. The quantitative estimate of drug-likeness (QED) is 0.519. The summed E-state index contributed by atoms with van der Waals surface area (Å²) in [4.78, 5) is 32.4. The van der Waals surface area contributed by atoms with Crippen LogP contribution in [0.2, 0.25) is 0 Å². The van der Waals surface area contributed by atoms with Crippen LogP contribution in [0.1, 0.15) is 26.6 Å². The van der Waals surface area contributed by atoms with Gasteiger partial charge < -0.3 is 4.74 Å². The fourth-order valence-electron chi connectivity index (χ4n) is 2.99. The van der Waals surface area contributed by atoms with Gasteiger partial charge in [0.2, 0.25) is 0 Å². The number of hydrogen-bond acceptors (Lipinski definition) is 5. The number of aryl methyl sites for hydroxylation is 2. The summed E-state index contributed by atoms with van der Waals surface area (Å²) in [6.45, 7) is 4.82. The summed E-state index contributed by atoms with van der Waals surface area (Å²) >= 11 is 1.62. The fraction of sp³-hybridized carbons (Fsp3) is 0.211. The van der Waals surface area contributed by atoms with E-state index in [0.29, 0.717) is 24.4 Å². The number of cyclic esters (lactones) is 1. The predicted octanol–water partition coefficient (Wildman–Crippen LogP) is 3.87. The van der Waals surface area contributed by atoms with Gasteiger partial charge in [0.15, 0.2) is 10.7 Å². The largest absolute Gasteiger partial charge is 0.447 e. The Bertz CT molecular complexity index is 1050. The van der Waals surface area contributed by atoms with E-state index in [1.165, 1.54) is 9.78 Å². The molecule has 0 unspecified atom stereocenters. The lowest BCUT2D eigenvalue weighted by Crippen LogP contribution is -2.23. The number of fused-ring (bicyclic) bond motifs is 1. The first-order chi connectivity index (χ1) is 12.5. The van der Waals surface area contributed by atoms with E-state index in [0.717, 1.165) is 16.3 Å². The molecule has 1 saturated heterocycles. The molecule has 1 amide bonds. The summed E-state index contributed by atoms with van der Waals surface area (Å²) in [5.74, 6) is -0.124. The molecule has 2 aromatic heterocycles. The number of ketones is 1. The van der Waals surface area contributed by atoms with Crippen molar-refractivity contribution in [3.05, 3.63) is 58.4 Å². The molecule has 3 heterocycles. The van der Waals surface area contributed by atoms with Gasteiger partial charge in [-0.25, -0.2) is 9.78 Å². The highest BCUT2D eigenvalue weighted by atomic mass is 32.1. The molecular weight excluding hydrogens is 350 g/mol. The number of anilines is 1. The van der Waals surface area contributed by atoms with E-state index in [4.69, 9.17) is 4.74 Å². The first-order valence-corrected chi connectivity index (χ1v) is 9.06. The molecule has 0 spiro atoms. The molecule has 0 atom stereocenters. The van der Waals surface area contributed by atoms with Crippen LogP contribution < -0.4 is 4.90 Å². The monoisotopic (exact) mass is 367 g/mol. The average molecular weight is 367 g/mol. The zero-order valence-corrected chi connectivity index (χ0v) is 15.2. The van der Waals surface area contributed by atoms with Gasteiger partial charge in [-0.1, -0.05) is 12.1 Å². The number of benzene rings is 1. The molecule has 4 rings (SSSR count). The maximum Gasteiger partial charge on any atom is 0.414 e. The highest BCUT2D eigenvalue weighted by molar-refractivity contribution is 7.17. The molecule has 26 heavy (non-hydrogen) atoms. The Hall–Kier alpha value is -2.93. The van der Waals surface area contributed by atoms with Crippen LogP contribution in [0.25, 0.3) is 11.0 Å². The molecule has 1 aliphatic rings. The molecule has 1 aromatic carbocycles. The summed E-state index contributed by atoms with van der Waals surface area (Å²) in [6.07, 6.45) is 4.98. The first kappa shape index (κ1) is 16.5. The maximum atomic E-state index is 12.6. The van der Waals surface area contributed by atoms with Gasteiger partial charge in [0.25, 0.3) is 0 Å². The van der Waals surface area contributed by atoms with E-state index in [1.54, 1.807) is 47.8 Å². The Morgan fingerprint density at radius 3 is 2.96 bits per heavy atom. The van der Waals surface area contributed by atoms with Gasteiger partial charge in [-0.2, -0.15) is 0 Å². The Morgan fingerprint density at radius 2 is 2.19 bits per heavy atom. The molecule has 0 bridgehead atoms. The van der Waals surface area contributed by atoms with Crippen LogP contribution in [0.15, 0.2) is 36.5 Å². The Labute approximate surface area is 154 Å². The Balaban J connectivity index is 1.60. The van der Waals surface area contributed by atoms with Crippen LogP contribution in [-0.2, 0) is 4.74 Å². The van der Waals surface area contributed by atoms with Crippen LogP contribution in [0.3, 0.4) is 0 Å². The lowest BCUT2D eigenvalue weighted by atomic mass is 10.1. The van der Waals surface area contributed by atoms with Gasteiger partial charge in [0.1, 0.15) is 6.61 Å². The minimum atomic E-state index is -0.379. The summed E-state index contributed by atoms with van der Waals surface area (Å²) in [7, 11) is 0. The molecule has 0 N–H and O–H groups in total. The zero-order chi connectivity index (χ0) is 18.3. The summed E-state index contributed by atoms with van der Waals surface area (Å²) < 4.78 is 6.95. The van der Waals surface area contributed by atoms with E-state index < -0.39 is 0 Å². The van der Waals surface area contributed by atoms with Crippen molar-refractivity contribution in [2.45, 2.75) is 13.8 Å². The van der Waals surface area contributed by atoms with Crippen molar-refractivity contribution in [2.75, 3.05) is 18.1 Å². The molecule has 132 valence electrons. The predicted molar refractivity (Wildman–Crippen MR) is 101 cm³/mol. The minimum absolute atomic E-state index is 0.124. The van der Waals surface area contributed by atoms with Gasteiger partial charge in [-0.05, 0) is 38.1 Å². The topological polar surface area (TPSA) is 63.9 Å². The number of hydrogen-bond donors (Lipinski definition) is 0. The number of amides is 1. The van der Waals surface area contributed by atoms with Crippen LogP contribution >= 0.6 is 11.3 Å². The van der Waals surface area contributed by atoms with E-state index >= 15 is 0 Å². The van der Waals surface area contributed by atoms with E-state index in [2.05, 4.69) is 4.98 Å². The number of allylic oxidation sites excluding steroid dienone is 1.